The summed E-state index contributed by atoms with van der Waals surface area (Å²) in [6, 6.07) is 23.5. The number of benzene rings is 2. The van der Waals surface area contributed by atoms with Crippen molar-refractivity contribution >= 4 is 5.91 Å². The van der Waals surface area contributed by atoms with Crippen molar-refractivity contribution in [2.75, 3.05) is 0 Å². The Balaban J connectivity index is 1.42. The molecule has 4 nitrogen and oxygen atoms in total. The van der Waals surface area contributed by atoms with Crippen LogP contribution in [0.25, 0.3) is 0 Å². The fourth-order valence-corrected chi connectivity index (χ4v) is 5.99. The molecule has 3 aromatic rings. The Kier molecular flexibility index (Phi) is 5.33. The van der Waals surface area contributed by atoms with E-state index in [4.69, 9.17) is 5.84 Å². The second-order valence-electron chi connectivity index (χ2n) is 9.12. The summed E-state index contributed by atoms with van der Waals surface area (Å²) < 4.78 is 0. The van der Waals surface area contributed by atoms with Crippen molar-refractivity contribution in [1.82, 2.24) is 10.4 Å². The van der Waals surface area contributed by atoms with E-state index in [1.54, 1.807) is 0 Å². The summed E-state index contributed by atoms with van der Waals surface area (Å²) in [6.07, 6.45) is 8.97. The van der Waals surface area contributed by atoms with Crippen LogP contribution in [0.4, 0.5) is 0 Å². The van der Waals surface area contributed by atoms with Crippen molar-refractivity contribution in [3.8, 4) is 0 Å². The van der Waals surface area contributed by atoms with Crippen molar-refractivity contribution < 1.29 is 4.79 Å². The second-order valence-corrected chi connectivity index (χ2v) is 9.12. The molecule has 31 heavy (non-hydrogen) atoms. The summed E-state index contributed by atoms with van der Waals surface area (Å²) >= 11 is 0. The molecule has 2 fully saturated rings. The number of amides is 1. The Morgan fingerprint density at radius 3 is 2.29 bits per heavy atom. The second kappa shape index (κ2) is 8.27. The van der Waals surface area contributed by atoms with Crippen molar-refractivity contribution in [2.24, 2.45) is 17.7 Å². The zero-order valence-corrected chi connectivity index (χ0v) is 17.8. The quantitative estimate of drug-likeness (QED) is 0.354. The van der Waals surface area contributed by atoms with Gasteiger partial charge in [-0.05, 0) is 84.9 Å². The maximum atomic E-state index is 11.9. The Labute approximate surface area is 183 Å². The predicted molar refractivity (Wildman–Crippen MR) is 122 cm³/mol. The van der Waals surface area contributed by atoms with E-state index in [9.17, 15) is 4.79 Å². The highest BCUT2D eigenvalue weighted by molar-refractivity contribution is 5.93. The van der Waals surface area contributed by atoms with Gasteiger partial charge in [-0.1, -0.05) is 48.9 Å². The van der Waals surface area contributed by atoms with E-state index in [2.05, 4.69) is 52.9 Å². The van der Waals surface area contributed by atoms with Gasteiger partial charge in [0.2, 0.25) is 0 Å². The van der Waals surface area contributed by atoms with Crippen LogP contribution in [0.15, 0.2) is 72.9 Å². The van der Waals surface area contributed by atoms with Gasteiger partial charge in [0, 0.05) is 22.9 Å². The highest BCUT2D eigenvalue weighted by Crippen LogP contribution is 2.60. The molecule has 1 heterocycles. The molecule has 0 aliphatic heterocycles. The fourth-order valence-electron chi connectivity index (χ4n) is 5.99. The first-order chi connectivity index (χ1) is 15.2. The minimum atomic E-state index is -0.245. The van der Waals surface area contributed by atoms with Gasteiger partial charge in [0.25, 0.3) is 5.91 Å². The third kappa shape index (κ3) is 3.66. The van der Waals surface area contributed by atoms with E-state index in [0.717, 1.165) is 24.5 Å². The fraction of sp³-hybridized carbons (Fsp3) is 0.333. The van der Waals surface area contributed by atoms with E-state index < -0.39 is 0 Å². The monoisotopic (exact) mass is 411 g/mol. The minimum absolute atomic E-state index is 0.0557. The van der Waals surface area contributed by atoms with Crippen LogP contribution in [-0.4, -0.2) is 10.9 Å². The molecule has 158 valence electrons. The third-order valence-electron chi connectivity index (χ3n) is 7.51. The van der Waals surface area contributed by atoms with Crippen molar-refractivity contribution in [1.29, 1.82) is 0 Å². The number of aromatic nitrogens is 1. The number of nitrogens with two attached hydrogens (primary N) is 1. The molecular weight excluding hydrogens is 382 g/mol. The van der Waals surface area contributed by atoms with Gasteiger partial charge in [-0.25, -0.2) is 5.84 Å². The van der Waals surface area contributed by atoms with Crippen LogP contribution < -0.4 is 11.3 Å². The Morgan fingerprint density at radius 1 is 0.968 bits per heavy atom. The van der Waals surface area contributed by atoms with Crippen molar-refractivity contribution in [3.05, 3.63) is 101 Å². The highest BCUT2D eigenvalue weighted by Gasteiger charge is 2.52. The molecule has 3 unspecified atom stereocenters. The zero-order valence-electron chi connectivity index (χ0n) is 17.8. The van der Waals surface area contributed by atoms with Gasteiger partial charge in [0.15, 0.2) is 0 Å². The summed E-state index contributed by atoms with van der Waals surface area (Å²) in [5.74, 6) is 6.54. The zero-order chi connectivity index (χ0) is 21.3. The van der Waals surface area contributed by atoms with E-state index in [1.165, 1.54) is 42.4 Å². The summed E-state index contributed by atoms with van der Waals surface area (Å²) in [4.78, 5) is 16.3. The van der Waals surface area contributed by atoms with E-state index in [-0.39, 0.29) is 11.3 Å². The number of nitrogen functional groups attached to an aromatic ring is 1. The molecule has 0 spiro atoms. The predicted octanol–water partition coefficient (Wildman–Crippen LogP) is 4.58. The molecule has 1 amide bonds. The number of rotatable bonds is 6. The smallest absolute Gasteiger partial charge is 0.265 e. The first-order valence-electron chi connectivity index (χ1n) is 11.3. The number of hydrogen-bond acceptors (Lipinski definition) is 3. The molecule has 4 heteroatoms. The van der Waals surface area contributed by atoms with Gasteiger partial charge >= 0.3 is 0 Å². The molecular formula is C27H29N3O. The molecule has 2 bridgehead atoms. The molecule has 1 aromatic heterocycles. The highest BCUT2D eigenvalue weighted by atomic mass is 16.2. The molecule has 0 saturated heterocycles. The number of carbonyl (C=O) groups is 1. The first-order valence-corrected chi connectivity index (χ1v) is 11.3. The number of fused-ring (bicyclic) bond motifs is 2. The topological polar surface area (TPSA) is 68.0 Å². The standard InChI is InChI=1S/C27H29N3O/c28-30-26(31)21-8-13-23(14-9-21)27(18-20-6-12-24(27)17-20)22-10-4-19(5-11-22)7-15-25-3-1-2-16-29-25/h1-5,8-11,13-14,16,20,24H,6-7,12,15,17-18,28H2,(H,30,31). The Morgan fingerprint density at radius 2 is 1.71 bits per heavy atom. The molecule has 2 saturated carbocycles. The van der Waals surface area contributed by atoms with Crippen LogP contribution in [0.3, 0.4) is 0 Å². The SMILES string of the molecule is NNC(=O)c1ccc(C2(c3ccc(CCc4ccccn4)cc3)CC3CCC2C3)cc1. The number of nitrogens with zero attached hydrogens (tertiary/aromatic N) is 1. The molecule has 2 aromatic carbocycles. The normalized spacial score (nSPS) is 24.3. The molecule has 0 radical (unpaired) electrons. The maximum absolute atomic E-state index is 11.9. The Bertz CT molecular complexity index is 1050. The number of nitrogens with one attached hydrogen (secondary N) is 1. The molecule has 2 aliphatic carbocycles. The average molecular weight is 412 g/mol. The van der Waals surface area contributed by atoms with Crippen LogP contribution in [-0.2, 0) is 18.3 Å². The lowest BCUT2D eigenvalue weighted by atomic mass is 9.64. The molecule has 2 aliphatic rings. The summed E-state index contributed by atoms with van der Waals surface area (Å²) in [5.41, 5.74) is 8.12. The largest absolute Gasteiger partial charge is 0.290 e. The molecule has 3 N–H and O–H groups in total. The minimum Gasteiger partial charge on any atom is -0.290 e. The van der Waals surface area contributed by atoms with Gasteiger partial charge in [0.05, 0.1) is 0 Å². The van der Waals surface area contributed by atoms with Gasteiger partial charge in [0.1, 0.15) is 0 Å². The van der Waals surface area contributed by atoms with E-state index >= 15 is 0 Å². The summed E-state index contributed by atoms with van der Waals surface area (Å²) in [6.45, 7) is 0. The van der Waals surface area contributed by atoms with E-state index in [0.29, 0.717) is 11.5 Å². The Hall–Kier alpha value is -2.98. The lowest BCUT2D eigenvalue weighted by Crippen LogP contribution is -2.34. The van der Waals surface area contributed by atoms with Gasteiger partial charge in [-0.2, -0.15) is 0 Å². The van der Waals surface area contributed by atoms with Gasteiger partial charge < -0.3 is 0 Å². The van der Waals surface area contributed by atoms with Gasteiger partial charge in [-0.15, -0.1) is 0 Å². The first kappa shape index (κ1) is 20.0. The number of hydrazine groups is 1. The number of carbonyl (C=O) groups excluding carboxylic acids is 1. The van der Waals surface area contributed by atoms with Crippen molar-refractivity contribution in [2.45, 2.75) is 43.9 Å². The number of pyridine rings is 1. The summed E-state index contributed by atoms with van der Waals surface area (Å²) in [7, 11) is 0. The van der Waals surface area contributed by atoms with Crippen LogP contribution >= 0.6 is 0 Å². The number of aryl methyl sites for hydroxylation is 2. The summed E-state index contributed by atoms with van der Waals surface area (Å²) in [5, 5.41) is 0. The molecule has 5 rings (SSSR count). The van der Waals surface area contributed by atoms with Gasteiger partial charge in [-0.3, -0.25) is 15.2 Å². The third-order valence-corrected chi connectivity index (χ3v) is 7.51. The van der Waals surface area contributed by atoms with Crippen LogP contribution in [0, 0.1) is 11.8 Å². The number of hydrogen-bond donors (Lipinski definition) is 2. The van der Waals surface area contributed by atoms with Crippen LogP contribution in [0.5, 0.6) is 0 Å². The van der Waals surface area contributed by atoms with E-state index in [1.807, 2.05) is 30.5 Å². The van der Waals surface area contributed by atoms with Crippen LogP contribution in [0.1, 0.15) is 58.4 Å². The molecule has 3 atom stereocenters. The van der Waals surface area contributed by atoms with Crippen molar-refractivity contribution in [3.63, 3.8) is 0 Å². The lowest BCUT2D eigenvalue weighted by Gasteiger charge is -2.39. The average Bonchev–Trinajstić information content (AvgIpc) is 3.46. The maximum Gasteiger partial charge on any atom is 0.265 e. The van der Waals surface area contributed by atoms with Crippen LogP contribution in [0.2, 0.25) is 0 Å². The lowest BCUT2D eigenvalue weighted by molar-refractivity contribution is 0.0953.